The summed E-state index contributed by atoms with van der Waals surface area (Å²) in [6.45, 7) is 7.82. The van der Waals surface area contributed by atoms with Gasteiger partial charge in [0.25, 0.3) is 5.91 Å². The van der Waals surface area contributed by atoms with E-state index in [0.717, 1.165) is 0 Å². The van der Waals surface area contributed by atoms with Crippen LogP contribution in [0.15, 0.2) is 48.5 Å². The summed E-state index contributed by atoms with van der Waals surface area (Å²) in [5, 5.41) is 5.58. The zero-order valence-electron chi connectivity index (χ0n) is 15.7. The van der Waals surface area contributed by atoms with Gasteiger partial charge in [-0.05, 0) is 41.8 Å². The number of ether oxygens (including phenoxy) is 1. The molecule has 26 heavy (non-hydrogen) atoms. The van der Waals surface area contributed by atoms with Gasteiger partial charge in [0, 0.05) is 17.3 Å². The van der Waals surface area contributed by atoms with Gasteiger partial charge in [-0.3, -0.25) is 9.59 Å². The lowest BCUT2D eigenvalue weighted by Crippen LogP contribution is -2.21. The third-order valence-electron chi connectivity index (χ3n) is 3.85. The molecule has 2 aromatic rings. The number of hydrogen-bond donors (Lipinski definition) is 2. The second-order valence-electron chi connectivity index (χ2n) is 6.79. The number of benzene rings is 2. The molecule has 0 aromatic heterocycles. The summed E-state index contributed by atoms with van der Waals surface area (Å²) in [5.74, 6) is 0.675. The van der Waals surface area contributed by atoms with E-state index >= 15 is 0 Å². The molecule has 0 radical (unpaired) electrons. The highest BCUT2D eigenvalue weighted by atomic mass is 16.5. The van der Waals surface area contributed by atoms with Crippen molar-refractivity contribution in [2.24, 2.45) is 5.92 Å². The van der Waals surface area contributed by atoms with E-state index in [4.69, 9.17) is 4.74 Å². The van der Waals surface area contributed by atoms with Crippen LogP contribution in [0.4, 0.5) is 11.4 Å². The van der Waals surface area contributed by atoms with Gasteiger partial charge >= 0.3 is 0 Å². The SMILES string of the molecule is CC(C)C(=O)Nc1cccc(NC(=O)COc2ccc(C(C)C)cc2)c1. The van der Waals surface area contributed by atoms with E-state index in [0.29, 0.717) is 23.0 Å². The van der Waals surface area contributed by atoms with Crippen LogP contribution in [0.1, 0.15) is 39.2 Å². The minimum absolute atomic E-state index is 0.0679. The number of carbonyl (C=O) groups excluding carboxylic acids is 2. The highest BCUT2D eigenvalue weighted by molar-refractivity contribution is 5.95. The quantitative estimate of drug-likeness (QED) is 0.773. The molecular weight excluding hydrogens is 328 g/mol. The number of nitrogens with one attached hydrogen (secondary N) is 2. The van der Waals surface area contributed by atoms with Crippen LogP contribution < -0.4 is 15.4 Å². The smallest absolute Gasteiger partial charge is 0.262 e. The number of carbonyl (C=O) groups is 2. The molecular formula is C21H26N2O3. The first-order chi connectivity index (χ1) is 12.3. The molecule has 0 fully saturated rings. The molecule has 0 aliphatic heterocycles. The molecule has 2 amide bonds. The van der Waals surface area contributed by atoms with Crippen LogP contribution in [0.5, 0.6) is 5.75 Å². The van der Waals surface area contributed by atoms with Crippen molar-refractivity contribution in [2.75, 3.05) is 17.2 Å². The third kappa shape index (κ3) is 5.92. The third-order valence-corrected chi connectivity index (χ3v) is 3.85. The summed E-state index contributed by atoms with van der Waals surface area (Å²) < 4.78 is 5.52. The molecule has 2 N–H and O–H groups in total. The number of rotatable bonds is 7. The molecule has 138 valence electrons. The molecule has 5 nitrogen and oxygen atoms in total. The van der Waals surface area contributed by atoms with Crippen molar-refractivity contribution < 1.29 is 14.3 Å². The molecule has 2 rings (SSSR count). The van der Waals surface area contributed by atoms with Crippen molar-refractivity contribution in [3.05, 3.63) is 54.1 Å². The lowest BCUT2D eigenvalue weighted by molar-refractivity contribution is -0.119. The van der Waals surface area contributed by atoms with Gasteiger partial charge in [-0.25, -0.2) is 0 Å². The van der Waals surface area contributed by atoms with E-state index < -0.39 is 0 Å². The topological polar surface area (TPSA) is 67.4 Å². The predicted molar refractivity (Wildman–Crippen MR) is 105 cm³/mol. The van der Waals surface area contributed by atoms with Crippen LogP contribution in [-0.2, 0) is 9.59 Å². The maximum Gasteiger partial charge on any atom is 0.262 e. The molecule has 0 atom stereocenters. The summed E-state index contributed by atoms with van der Waals surface area (Å²) >= 11 is 0. The van der Waals surface area contributed by atoms with E-state index in [2.05, 4.69) is 24.5 Å². The fourth-order valence-electron chi connectivity index (χ4n) is 2.26. The molecule has 2 aromatic carbocycles. The van der Waals surface area contributed by atoms with E-state index in [1.165, 1.54) is 5.56 Å². The van der Waals surface area contributed by atoms with Crippen LogP contribution >= 0.6 is 0 Å². The van der Waals surface area contributed by atoms with Crippen molar-refractivity contribution >= 4 is 23.2 Å². The van der Waals surface area contributed by atoms with Gasteiger partial charge in [-0.2, -0.15) is 0 Å². The van der Waals surface area contributed by atoms with Crippen molar-refractivity contribution in [1.29, 1.82) is 0 Å². The van der Waals surface area contributed by atoms with Crippen LogP contribution in [0.3, 0.4) is 0 Å². The Kier molecular flexibility index (Phi) is 6.78. The Bertz CT molecular complexity index is 752. The van der Waals surface area contributed by atoms with Gasteiger partial charge in [-0.1, -0.05) is 45.9 Å². The molecule has 0 heterocycles. The van der Waals surface area contributed by atoms with Crippen LogP contribution in [0, 0.1) is 5.92 Å². The van der Waals surface area contributed by atoms with Crippen LogP contribution in [0.25, 0.3) is 0 Å². The van der Waals surface area contributed by atoms with Crippen LogP contribution in [-0.4, -0.2) is 18.4 Å². The molecule has 5 heteroatoms. The molecule has 0 aliphatic rings. The Morgan fingerprint density at radius 3 is 2.12 bits per heavy atom. The van der Waals surface area contributed by atoms with Crippen molar-refractivity contribution in [1.82, 2.24) is 0 Å². The summed E-state index contributed by atoms with van der Waals surface area (Å²) in [4.78, 5) is 23.8. The Labute approximate surface area is 154 Å². The van der Waals surface area contributed by atoms with Crippen molar-refractivity contribution in [3.63, 3.8) is 0 Å². The molecule has 0 spiro atoms. The summed E-state index contributed by atoms with van der Waals surface area (Å²) in [5.41, 5.74) is 2.48. The first-order valence-corrected chi connectivity index (χ1v) is 8.78. The Balaban J connectivity index is 1.88. The van der Waals surface area contributed by atoms with Gasteiger partial charge in [-0.15, -0.1) is 0 Å². The largest absolute Gasteiger partial charge is 0.484 e. The van der Waals surface area contributed by atoms with Gasteiger partial charge in [0.2, 0.25) is 5.91 Å². The standard InChI is InChI=1S/C21H26N2O3/c1-14(2)16-8-10-19(11-9-16)26-13-20(24)22-17-6-5-7-18(12-17)23-21(25)15(3)4/h5-12,14-15H,13H2,1-4H3,(H,22,24)(H,23,25). The van der Waals surface area contributed by atoms with Gasteiger partial charge < -0.3 is 15.4 Å². The predicted octanol–water partition coefficient (Wildman–Crippen LogP) is 4.42. The zero-order valence-corrected chi connectivity index (χ0v) is 15.7. The molecule has 0 unspecified atom stereocenters. The van der Waals surface area contributed by atoms with Gasteiger partial charge in [0.15, 0.2) is 6.61 Å². The Morgan fingerprint density at radius 2 is 1.54 bits per heavy atom. The minimum Gasteiger partial charge on any atom is -0.484 e. The van der Waals surface area contributed by atoms with E-state index in [1.54, 1.807) is 24.3 Å². The summed E-state index contributed by atoms with van der Waals surface area (Å²) in [6, 6.07) is 14.8. The summed E-state index contributed by atoms with van der Waals surface area (Å²) in [6.07, 6.45) is 0. The lowest BCUT2D eigenvalue weighted by Gasteiger charge is -2.11. The fraction of sp³-hybridized carbons (Fsp3) is 0.333. The minimum atomic E-state index is -0.259. The van der Waals surface area contributed by atoms with Crippen molar-refractivity contribution in [2.45, 2.75) is 33.6 Å². The van der Waals surface area contributed by atoms with Crippen molar-refractivity contribution in [3.8, 4) is 5.75 Å². The number of hydrogen-bond acceptors (Lipinski definition) is 3. The van der Waals surface area contributed by atoms with E-state index in [-0.39, 0.29) is 24.3 Å². The highest BCUT2D eigenvalue weighted by Crippen LogP contribution is 2.19. The zero-order chi connectivity index (χ0) is 19.1. The first kappa shape index (κ1) is 19.5. The maximum atomic E-state index is 12.1. The monoisotopic (exact) mass is 354 g/mol. The fourth-order valence-corrected chi connectivity index (χ4v) is 2.26. The van der Waals surface area contributed by atoms with Gasteiger partial charge in [0.05, 0.1) is 0 Å². The van der Waals surface area contributed by atoms with E-state index in [1.807, 2.05) is 38.1 Å². The average molecular weight is 354 g/mol. The normalized spacial score (nSPS) is 10.7. The van der Waals surface area contributed by atoms with Gasteiger partial charge in [0.1, 0.15) is 5.75 Å². The Morgan fingerprint density at radius 1 is 0.923 bits per heavy atom. The molecule has 0 saturated heterocycles. The second kappa shape index (κ2) is 9.04. The molecule has 0 aliphatic carbocycles. The Hall–Kier alpha value is -2.82. The number of amides is 2. The van der Waals surface area contributed by atoms with Crippen LogP contribution in [0.2, 0.25) is 0 Å². The summed E-state index contributed by atoms with van der Waals surface area (Å²) in [7, 11) is 0. The maximum absolute atomic E-state index is 12.1. The lowest BCUT2D eigenvalue weighted by atomic mass is 10.0. The molecule has 0 bridgehead atoms. The first-order valence-electron chi connectivity index (χ1n) is 8.78. The highest BCUT2D eigenvalue weighted by Gasteiger charge is 2.09. The second-order valence-corrected chi connectivity index (χ2v) is 6.79. The number of anilines is 2. The molecule has 0 saturated carbocycles. The van der Waals surface area contributed by atoms with E-state index in [9.17, 15) is 9.59 Å². The average Bonchev–Trinajstić information content (AvgIpc) is 2.60.